The third-order valence-electron chi connectivity index (χ3n) is 9.23. The number of carbonyl (C=O) groups excluding carboxylic acids is 3. The Morgan fingerprint density at radius 3 is 2.26 bits per heavy atom. The van der Waals surface area contributed by atoms with Crippen LogP contribution in [0.2, 0.25) is 18.1 Å². The molecule has 4 heterocycles. The molecule has 3 unspecified atom stereocenters. The van der Waals surface area contributed by atoms with Crippen LogP contribution in [0.5, 0.6) is 0 Å². The van der Waals surface area contributed by atoms with Crippen LogP contribution < -0.4 is 20.9 Å². The van der Waals surface area contributed by atoms with Crippen LogP contribution in [0, 0.1) is 5.92 Å². The Morgan fingerprint density at radius 2 is 1.64 bits per heavy atom. The van der Waals surface area contributed by atoms with E-state index >= 15 is 0 Å². The second-order valence-electron chi connectivity index (χ2n) is 17.2. The second kappa shape index (κ2) is 16.0. The number of hydrogen-bond donors (Lipinski definition) is 3. The lowest BCUT2D eigenvalue weighted by Gasteiger charge is -2.48. The van der Waals surface area contributed by atoms with Crippen molar-refractivity contribution in [3.63, 3.8) is 0 Å². The Balaban J connectivity index is 1.68. The van der Waals surface area contributed by atoms with Gasteiger partial charge in [0.05, 0.1) is 36.4 Å². The van der Waals surface area contributed by atoms with Gasteiger partial charge in [0.1, 0.15) is 22.3 Å². The van der Waals surface area contributed by atoms with Gasteiger partial charge in [-0.1, -0.05) is 27.7 Å². The number of rotatable bonds is 10. The topological polar surface area (TPSA) is 157 Å². The van der Waals surface area contributed by atoms with E-state index in [1.165, 1.54) is 6.20 Å². The van der Waals surface area contributed by atoms with Crippen LogP contribution in [0.4, 0.5) is 31.2 Å². The van der Waals surface area contributed by atoms with E-state index in [2.05, 4.69) is 71.6 Å². The number of nitrogens with one attached hydrogen (secondary N) is 3. The predicted molar refractivity (Wildman–Crippen MR) is 207 cm³/mol. The van der Waals surface area contributed by atoms with E-state index in [0.717, 1.165) is 5.56 Å². The van der Waals surface area contributed by atoms with Crippen molar-refractivity contribution in [1.82, 2.24) is 15.3 Å². The Bertz CT molecular complexity index is 1780. The molecular formula is C38H57FN6O7Si. The SMILES string of the molecule is CC1CN(c2ccncc2NC(=O)c2c(NC(=O)OC(C)(C)C)oc3cc(CCCF)cnc23)CC(NC(=O)OC(C)(C)C)C1O[Si](C)(C)C(C)(C)C. The molecule has 292 valence electrons. The number of aryl methyl sites for hydroxylation is 1. The summed E-state index contributed by atoms with van der Waals surface area (Å²) in [6.45, 7) is 24.1. The maximum atomic E-state index is 14.2. The van der Waals surface area contributed by atoms with E-state index < -0.39 is 50.3 Å². The summed E-state index contributed by atoms with van der Waals surface area (Å²) in [5.74, 6) is -0.792. The van der Waals surface area contributed by atoms with E-state index in [-0.39, 0.29) is 39.6 Å². The third-order valence-corrected chi connectivity index (χ3v) is 13.7. The molecule has 1 aliphatic heterocycles. The first-order valence-electron chi connectivity index (χ1n) is 18.1. The van der Waals surface area contributed by atoms with Gasteiger partial charge in [-0.05, 0) is 90.2 Å². The number of amides is 3. The van der Waals surface area contributed by atoms with Crippen molar-refractivity contribution in [3.05, 3.63) is 41.9 Å². The van der Waals surface area contributed by atoms with Crippen molar-refractivity contribution in [2.24, 2.45) is 5.92 Å². The molecule has 3 N–H and O–H groups in total. The summed E-state index contributed by atoms with van der Waals surface area (Å²) in [5, 5.41) is 8.56. The highest BCUT2D eigenvalue weighted by Crippen LogP contribution is 2.40. The third kappa shape index (κ3) is 10.9. The molecule has 0 saturated carbocycles. The van der Waals surface area contributed by atoms with Crippen molar-refractivity contribution < 1.29 is 37.1 Å². The van der Waals surface area contributed by atoms with Gasteiger partial charge in [0, 0.05) is 31.4 Å². The van der Waals surface area contributed by atoms with Crippen molar-refractivity contribution >= 4 is 54.8 Å². The average Bonchev–Trinajstić information content (AvgIpc) is 3.36. The summed E-state index contributed by atoms with van der Waals surface area (Å²) >= 11 is 0. The zero-order valence-corrected chi connectivity index (χ0v) is 34.2. The summed E-state index contributed by atoms with van der Waals surface area (Å²) in [4.78, 5) is 51.0. The van der Waals surface area contributed by atoms with Gasteiger partial charge in [-0.2, -0.15) is 0 Å². The molecule has 1 saturated heterocycles. The molecule has 3 amide bonds. The van der Waals surface area contributed by atoms with Gasteiger partial charge in [0.15, 0.2) is 13.9 Å². The highest BCUT2D eigenvalue weighted by Gasteiger charge is 2.45. The normalized spacial score (nSPS) is 18.4. The first-order valence-corrected chi connectivity index (χ1v) is 21.0. The molecule has 4 rings (SSSR count). The number of ether oxygens (including phenoxy) is 2. The number of pyridine rings is 2. The lowest BCUT2D eigenvalue weighted by molar-refractivity contribution is 0.0336. The van der Waals surface area contributed by atoms with Crippen molar-refractivity contribution in [2.45, 2.75) is 124 Å². The number of alkyl halides is 1. The van der Waals surface area contributed by atoms with E-state index in [9.17, 15) is 18.8 Å². The Kier molecular flexibility index (Phi) is 12.5. The Hall–Kier alpha value is -4.24. The molecule has 0 radical (unpaired) electrons. The fourth-order valence-corrected chi connectivity index (χ4v) is 7.26. The summed E-state index contributed by atoms with van der Waals surface area (Å²) < 4.78 is 36.9. The average molecular weight is 757 g/mol. The maximum Gasteiger partial charge on any atom is 0.414 e. The zero-order valence-electron chi connectivity index (χ0n) is 33.2. The molecule has 15 heteroatoms. The van der Waals surface area contributed by atoms with Crippen LogP contribution in [-0.4, -0.2) is 79.5 Å². The number of halogens is 1. The summed E-state index contributed by atoms with van der Waals surface area (Å²) in [6, 6.07) is 3.03. The van der Waals surface area contributed by atoms with Crippen LogP contribution in [0.15, 0.2) is 35.1 Å². The van der Waals surface area contributed by atoms with E-state index in [0.29, 0.717) is 37.3 Å². The molecule has 3 aromatic rings. The highest BCUT2D eigenvalue weighted by atomic mass is 28.4. The molecular weight excluding hydrogens is 700 g/mol. The summed E-state index contributed by atoms with van der Waals surface area (Å²) in [6.07, 6.45) is 3.82. The van der Waals surface area contributed by atoms with Gasteiger partial charge >= 0.3 is 12.2 Å². The molecule has 13 nitrogen and oxygen atoms in total. The highest BCUT2D eigenvalue weighted by molar-refractivity contribution is 6.74. The predicted octanol–water partition coefficient (Wildman–Crippen LogP) is 8.46. The Morgan fingerprint density at radius 1 is 0.981 bits per heavy atom. The zero-order chi connectivity index (χ0) is 39.5. The minimum absolute atomic E-state index is 0.0166. The lowest BCUT2D eigenvalue weighted by Crippen LogP contribution is -2.63. The molecule has 1 aliphatic rings. The minimum Gasteiger partial charge on any atom is -0.444 e. The fraction of sp³-hybridized carbons (Fsp3) is 0.605. The molecule has 53 heavy (non-hydrogen) atoms. The molecule has 0 spiro atoms. The standard InChI is InChI=1S/C38H57FN6O7Si/c1-23-21-45(22-26(43-34(47)50-36(2,3)4)31(23)52-53(11,12)38(8,9)10)27-15-17-40-20-25(27)42-32(46)29-30-28(18-24(19-41-30)14-13-16-39)49-33(29)44-35(48)51-37(5,6)7/h15,17-20,23,26,31H,13-14,16,21-22H2,1-12H3,(H,42,46)(H,43,47)(H,44,48). The van der Waals surface area contributed by atoms with Gasteiger partial charge in [0.2, 0.25) is 5.88 Å². The van der Waals surface area contributed by atoms with E-state index in [1.54, 1.807) is 45.3 Å². The molecule has 0 aliphatic carbocycles. The lowest BCUT2D eigenvalue weighted by atomic mass is 9.92. The molecule has 3 atom stereocenters. The first-order chi connectivity index (χ1) is 24.5. The molecule has 0 bridgehead atoms. The number of piperidine rings is 1. The number of hydrogen-bond acceptors (Lipinski definition) is 10. The first kappa shape index (κ1) is 41.5. The quantitative estimate of drug-likeness (QED) is 0.172. The second-order valence-corrected chi connectivity index (χ2v) is 22.0. The number of alkyl carbamates (subject to hydrolysis) is 1. The minimum atomic E-state index is -2.25. The van der Waals surface area contributed by atoms with Gasteiger partial charge in [-0.15, -0.1) is 0 Å². The van der Waals surface area contributed by atoms with Crippen LogP contribution in [0.1, 0.15) is 91.6 Å². The van der Waals surface area contributed by atoms with Crippen molar-refractivity contribution in [1.29, 1.82) is 0 Å². The number of anilines is 3. The van der Waals surface area contributed by atoms with Gasteiger partial charge < -0.3 is 33.9 Å². The monoisotopic (exact) mass is 756 g/mol. The van der Waals surface area contributed by atoms with Crippen LogP contribution >= 0.6 is 0 Å². The largest absolute Gasteiger partial charge is 0.444 e. The van der Waals surface area contributed by atoms with Crippen LogP contribution in [0.25, 0.3) is 11.1 Å². The summed E-state index contributed by atoms with van der Waals surface area (Å²) in [5.41, 5.74) is 0.717. The number of aromatic nitrogens is 2. The van der Waals surface area contributed by atoms with Gasteiger partial charge in [0.25, 0.3) is 5.91 Å². The Labute approximate surface area is 313 Å². The maximum absolute atomic E-state index is 14.2. The number of fused-ring (bicyclic) bond motifs is 1. The fourth-order valence-electron chi connectivity index (χ4n) is 5.83. The summed E-state index contributed by atoms with van der Waals surface area (Å²) in [7, 11) is -2.25. The number of nitrogens with zero attached hydrogens (tertiary/aromatic N) is 3. The molecule has 3 aromatic heterocycles. The van der Waals surface area contributed by atoms with E-state index in [1.807, 2.05) is 20.8 Å². The van der Waals surface area contributed by atoms with Crippen molar-refractivity contribution in [2.75, 3.05) is 35.3 Å². The smallest absolute Gasteiger partial charge is 0.414 e. The molecule has 0 aromatic carbocycles. The van der Waals surface area contributed by atoms with Gasteiger partial charge in [-0.25, -0.2) is 9.59 Å². The van der Waals surface area contributed by atoms with Crippen molar-refractivity contribution in [3.8, 4) is 0 Å². The van der Waals surface area contributed by atoms with Crippen LogP contribution in [0.3, 0.4) is 0 Å². The number of furan rings is 1. The number of carbonyl (C=O) groups is 3. The van der Waals surface area contributed by atoms with E-state index in [4.69, 9.17) is 18.3 Å². The van der Waals surface area contributed by atoms with Gasteiger partial charge in [-0.3, -0.25) is 24.5 Å². The van der Waals surface area contributed by atoms with Crippen LogP contribution in [-0.2, 0) is 20.3 Å². The molecule has 1 fully saturated rings.